The van der Waals surface area contributed by atoms with Crippen LogP contribution in [0.15, 0.2) is 11.6 Å². The van der Waals surface area contributed by atoms with Gasteiger partial charge in [0.15, 0.2) is 14.1 Å². The van der Waals surface area contributed by atoms with Crippen molar-refractivity contribution in [2.45, 2.75) is 103 Å². The lowest BCUT2D eigenvalue weighted by Crippen LogP contribution is -2.43. The van der Waals surface area contributed by atoms with E-state index in [9.17, 15) is 9.59 Å². The molecule has 1 unspecified atom stereocenters. The number of Topliss-reactive ketones (excluding diaryl/α,β-unsaturated/α-hetero) is 2. The highest BCUT2D eigenvalue weighted by atomic mass is 28.4. The summed E-state index contributed by atoms with van der Waals surface area (Å²) in [6, 6.07) is 0. The molecule has 0 aromatic rings. The quantitative estimate of drug-likeness (QED) is 0.380. The second-order valence-electron chi connectivity index (χ2n) is 8.62. The first-order valence-corrected chi connectivity index (χ1v) is 12.4. The van der Waals surface area contributed by atoms with Gasteiger partial charge in [0, 0.05) is 24.8 Å². The van der Waals surface area contributed by atoms with Crippen molar-refractivity contribution in [1.29, 1.82) is 0 Å². The van der Waals surface area contributed by atoms with Gasteiger partial charge in [-0.25, -0.2) is 0 Å². The van der Waals surface area contributed by atoms with E-state index in [0.717, 1.165) is 12.8 Å². The SMILES string of the molecule is CCCCCCCC(=O)CC1=CC(O[Si](C)(C)C(C)(C)C)CC1=O. The van der Waals surface area contributed by atoms with Gasteiger partial charge in [-0.2, -0.15) is 0 Å². The molecule has 0 saturated carbocycles. The Kier molecular flexibility index (Phi) is 8.07. The maximum atomic E-state index is 12.2. The molecule has 0 amide bonds. The minimum Gasteiger partial charge on any atom is -0.410 e. The Morgan fingerprint density at radius 1 is 1.21 bits per heavy atom. The Morgan fingerprint density at radius 3 is 2.42 bits per heavy atom. The van der Waals surface area contributed by atoms with Gasteiger partial charge in [0.2, 0.25) is 0 Å². The fourth-order valence-electron chi connectivity index (χ4n) is 2.71. The van der Waals surface area contributed by atoms with Gasteiger partial charge in [0.25, 0.3) is 0 Å². The van der Waals surface area contributed by atoms with E-state index in [4.69, 9.17) is 4.43 Å². The molecule has 3 nitrogen and oxygen atoms in total. The molecule has 1 rings (SSSR count). The van der Waals surface area contributed by atoms with Crippen molar-refractivity contribution >= 4 is 19.9 Å². The van der Waals surface area contributed by atoms with Crippen LogP contribution in [0, 0.1) is 0 Å². The topological polar surface area (TPSA) is 43.4 Å². The molecule has 138 valence electrons. The summed E-state index contributed by atoms with van der Waals surface area (Å²) in [7, 11) is -1.88. The molecule has 1 aliphatic rings. The normalized spacial score (nSPS) is 18.8. The fourth-order valence-corrected chi connectivity index (χ4v) is 3.97. The first kappa shape index (κ1) is 21.3. The van der Waals surface area contributed by atoms with Crippen molar-refractivity contribution in [2.24, 2.45) is 0 Å². The third kappa shape index (κ3) is 6.64. The molecule has 0 saturated heterocycles. The molecular formula is C20H36O3Si. The summed E-state index contributed by atoms with van der Waals surface area (Å²) in [6.45, 7) is 13.2. The van der Waals surface area contributed by atoms with Crippen molar-refractivity contribution in [3.05, 3.63) is 11.6 Å². The van der Waals surface area contributed by atoms with Gasteiger partial charge in [-0.3, -0.25) is 9.59 Å². The number of carbonyl (C=O) groups is 2. The van der Waals surface area contributed by atoms with E-state index in [1.165, 1.54) is 19.3 Å². The summed E-state index contributed by atoms with van der Waals surface area (Å²) < 4.78 is 6.30. The van der Waals surface area contributed by atoms with Crippen LogP contribution in [0.4, 0.5) is 0 Å². The van der Waals surface area contributed by atoms with Crippen molar-refractivity contribution in [3.63, 3.8) is 0 Å². The summed E-state index contributed by atoms with van der Waals surface area (Å²) in [6.07, 6.45) is 8.80. The van der Waals surface area contributed by atoms with Crippen LogP contribution in [-0.4, -0.2) is 26.0 Å². The summed E-state index contributed by atoms with van der Waals surface area (Å²) in [5.74, 6) is 0.289. The zero-order valence-electron chi connectivity index (χ0n) is 16.5. The van der Waals surface area contributed by atoms with Gasteiger partial charge in [-0.15, -0.1) is 0 Å². The molecule has 0 N–H and O–H groups in total. The third-order valence-corrected chi connectivity index (χ3v) is 9.84. The Bertz CT molecular complexity index is 472. The fraction of sp³-hybridized carbons (Fsp3) is 0.800. The summed E-state index contributed by atoms with van der Waals surface area (Å²) in [4.78, 5) is 24.3. The Hall–Kier alpha value is -0.743. The highest BCUT2D eigenvalue weighted by Gasteiger charge is 2.40. The van der Waals surface area contributed by atoms with Crippen LogP contribution in [0.5, 0.6) is 0 Å². The van der Waals surface area contributed by atoms with E-state index < -0.39 is 8.32 Å². The van der Waals surface area contributed by atoms with Gasteiger partial charge in [-0.1, -0.05) is 53.4 Å². The smallest absolute Gasteiger partial charge is 0.192 e. The number of carbonyl (C=O) groups excluding carboxylic acids is 2. The molecule has 0 spiro atoms. The lowest BCUT2D eigenvalue weighted by molar-refractivity contribution is -0.121. The monoisotopic (exact) mass is 352 g/mol. The molecule has 0 fully saturated rings. The summed E-state index contributed by atoms with van der Waals surface area (Å²) in [5, 5.41) is 0.126. The first-order valence-electron chi connectivity index (χ1n) is 9.50. The Balaban J connectivity index is 2.48. The maximum Gasteiger partial charge on any atom is 0.192 e. The number of unbranched alkanes of at least 4 members (excludes halogenated alkanes) is 4. The van der Waals surface area contributed by atoms with Gasteiger partial charge in [0.05, 0.1) is 6.10 Å². The van der Waals surface area contributed by atoms with E-state index in [0.29, 0.717) is 24.8 Å². The van der Waals surface area contributed by atoms with E-state index >= 15 is 0 Å². The second-order valence-corrected chi connectivity index (χ2v) is 13.4. The second kappa shape index (κ2) is 9.09. The predicted octanol–water partition coefficient (Wildman–Crippen LogP) is 5.60. The highest BCUT2D eigenvalue weighted by Crippen LogP contribution is 2.38. The van der Waals surface area contributed by atoms with Gasteiger partial charge in [-0.05, 0) is 30.6 Å². The number of hydrogen-bond acceptors (Lipinski definition) is 3. The molecule has 0 bridgehead atoms. The van der Waals surface area contributed by atoms with Crippen LogP contribution >= 0.6 is 0 Å². The minimum atomic E-state index is -1.88. The molecule has 0 aliphatic heterocycles. The van der Waals surface area contributed by atoms with Gasteiger partial charge >= 0.3 is 0 Å². The van der Waals surface area contributed by atoms with Crippen LogP contribution in [0.2, 0.25) is 18.1 Å². The average Bonchev–Trinajstić information content (AvgIpc) is 2.76. The largest absolute Gasteiger partial charge is 0.410 e. The molecule has 0 aromatic heterocycles. The molecule has 1 aliphatic carbocycles. The van der Waals surface area contributed by atoms with Crippen LogP contribution in [0.3, 0.4) is 0 Å². The molecular weight excluding hydrogens is 316 g/mol. The number of hydrogen-bond donors (Lipinski definition) is 0. The van der Waals surface area contributed by atoms with E-state index in [2.05, 4.69) is 40.8 Å². The third-order valence-electron chi connectivity index (χ3n) is 5.33. The number of allylic oxidation sites excluding steroid dienone is 1. The molecule has 24 heavy (non-hydrogen) atoms. The minimum absolute atomic E-state index is 0.0954. The highest BCUT2D eigenvalue weighted by molar-refractivity contribution is 6.74. The molecule has 0 heterocycles. The average molecular weight is 353 g/mol. The van der Waals surface area contributed by atoms with Crippen molar-refractivity contribution in [1.82, 2.24) is 0 Å². The zero-order chi connectivity index (χ0) is 18.4. The summed E-state index contributed by atoms with van der Waals surface area (Å²) >= 11 is 0. The molecule has 0 radical (unpaired) electrons. The van der Waals surface area contributed by atoms with Crippen LogP contribution in [0.25, 0.3) is 0 Å². The number of ketones is 2. The lowest BCUT2D eigenvalue weighted by atomic mass is 10.0. The van der Waals surface area contributed by atoms with Crippen LogP contribution < -0.4 is 0 Å². The maximum absolute atomic E-state index is 12.2. The number of rotatable bonds is 10. The predicted molar refractivity (Wildman–Crippen MR) is 103 cm³/mol. The standard InChI is InChI=1S/C20H36O3Si/c1-7-8-9-10-11-12-17(21)13-16-14-18(15-19(16)22)23-24(5,6)20(2,3)4/h14,18H,7-13,15H2,1-6H3. The van der Waals surface area contributed by atoms with Crippen molar-refractivity contribution in [2.75, 3.05) is 0 Å². The molecule has 0 aromatic carbocycles. The first-order chi connectivity index (χ1) is 11.1. The summed E-state index contributed by atoms with van der Waals surface area (Å²) in [5.41, 5.74) is 0.678. The van der Waals surface area contributed by atoms with E-state index in [1.807, 2.05) is 6.08 Å². The zero-order valence-corrected chi connectivity index (χ0v) is 17.5. The molecule has 4 heteroatoms. The Labute approximate surface area is 149 Å². The lowest BCUT2D eigenvalue weighted by Gasteiger charge is -2.37. The van der Waals surface area contributed by atoms with E-state index in [-0.39, 0.29) is 22.7 Å². The van der Waals surface area contributed by atoms with Gasteiger partial charge in [0.1, 0.15) is 5.78 Å². The van der Waals surface area contributed by atoms with Crippen LogP contribution in [-0.2, 0) is 14.0 Å². The van der Waals surface area contributed by atoms with E-state index in [1.54, 1.807) is 0 Å². The molecule has 1 atom stereocenters. The van der Waals surface area contributed by atoms with Crippen molar-refractivity contribution in [3.8, 4) is 0 Å². The Morgan fingerprint density at radius 2 is 1.83 bits per heavy atom. The van der Waals surface area contributed by atoms with Gasteiger partial charge < -0.3 is 4.43 Å². The van der Waals surface area contributed by atoms with Crippen LogP contribution in [0.1, 0.15) is 79.1 Å². The van der Waals surface area contributed by atoms with Crippen molar-refractivity contribution < 1.29 is 14.0 Å².